The summed E-state index contributed by atoms with van der Waals surface area (Å²) in [6.07, 6.45) is 0.311. The van der Waals surface area contributed by atoms with Crippen molar-refractivity contribution in [2.45, 2.75) is 63.5 Å². The summed E-state index contributed by atoms with van der Waals surface area (Å²) in [5, 5.41) is 0. The lowest BCUT2D eigenvalue weighted by Gasteiger charge is -2.35. The maximum Gasteiger partial charge on any atom is 0.419 e. The Labute approximate surface area is 272 Å². The van der Waals surface area contributed by atoms with E-state index < -0.39 is 45.3 Å². The number of benzene rings is 1. The molecule has 0 aliphatic carbocycles. The molecule has 2 saturated heterocycles. The van der Waals surface area contributed by atoms with Crippen LogP contribution in [0.5, 0.6) is 17.4 Å². The minimum absolute atomic E-state index is 0.0903. The molecule has 1 amide bonds. The van der Waals surface area contributed by atoms with E-state index in [1.807, 2.05) is 4.72 Å². The van der Waals surface area contributed by atoms with E-state index in [1.54, 1.807) is 43.5 Å². The average molecular weight is 678 g/mol. The monoisotopic (exact) mass is 677 g/mol. The number of nitrogens with one attached hydrogen (secondary N) is 1. The van der Waals surface area contributed by atoms with E-state index in [0.29, 0.717) is 36.2 Å². The maximum atomic E-state index is 14.2. The van der Waals surface area contributed by atoms with E-state index >= 15 is 0 Å². The van der Waals surface area contributed by atoms with E-state index in [0.717, 1.165) is 42.4 Å². The van der Waals surface area contributed by atoms with Gasteiger partial charge in [0.15, 0.2) is 0 Å². The third-order valence-corrected chi connectivity index (χ3v) is 9.64. The van der Waals surface area contributed by atoms with E-state index in [1.165, 1.54) is 6.20 Å². The summed E-state index contributed by atoms with van der Waals surface area (Å²) >= 11 is 0. The Bertz CT molecular complexity index is 1600. The van der Waals surface area contributed by atoms with Crippen LogP contribution in [0.2, 0.25) is 0 Å². The van der Waals surface area contributed by atoms with Crippen LogP contribution in [0.4, 0.5) is 13.2 Å². The zero-order chi connectivity index (χ0) is 33.6. The van der Waals surface area contributed by atoms with Crippen LogP contribution in [0.25, 0.3) is 0 Å². The zero-order valence-electron chi connectivity index (χ0n) is 26.2. The second-order valence-corrected chi connectivity index (χ2v) is 13.3. The summed E-state index contributed by atoms with van der Waals surface area (Å²) in [6.45, 7) is 3.88. The third kappa shape index (κ3) is 9.18. The fourth-order valence-corrected chi connectivity index (χ4v) is 6.69. The smallest absolute Gasteiger partial charge is 0.419 e. The van der Waals surface area contributed by atoms with Crippen molar-refractivity contribution in [3.8, 4) is 17.4 Å². The Morgan fingerprint density at radius 2 is 1.70 bits per heavy atom. The minimum Gasteiger partial charge on any atom is -0.484 e. The van der Waals surface area contributed by atoms with Gasteiger partial charge in [0, 0.05) is 44.0 Å². The molecule has 2 aliphatic heterocycles. The van der Waals surface area contributed by atoms with Gasteiger partial charge in [0.1, 0.15) is 17.6 Å². The highest BCUT2D eigenvalue weighted by molar-refractivity contribution is 7.87. The maximum absolute atomic E-state index is 14.2. The molecule has 1 atom stereocenters. The fourth-order valence-electron chi connectivity index (χ4n) is 5.51. The van der Waals surface area contributed by atoms with Gasteiger partial charge in [-0.05, 0) is 75.5 Å². The first-order valence-electron chi connectivity index (χ1n) is 15.5. The van der Waals surface area contributed by atoms with Gasteiger partial charge in [-0.25, -0.2) is 9.71 Å². The van der Waals surface area contributed by atoms with E-state index in [4.69, 9.17) is 14.2 Å². The van der Waals surface area contributed by atoms with Crippen LogP contribution in [-0.4, -0.2) is 78.9 Å². The number of pyridine rings is 2. The van der Waals surface area contributed by atoms with Crippen LogP contribution < -0.4 is 14.2 Å². The number of rotatable bonds is 11. The van der Waals surface area contributed by atoms with Gasteiger partial charge in [-0.2, -0.15) is 25.9 Å². The lowest BCUT2D eigenvalue weighted by atomic mass is 10.1. The third-order valence-electron chi connectivity index (χ3n) is 8.15. The molecule has 1 aromatic carbocycles. The highest BCUT2D eigenvalue weighted by Gasteiger charge is 2.37. The van der Waals surface area contributed by atoms with Crippen molar-refractivity contribution in [2.24, 2.45) is 0 Å². The van der Waals surface area contributed by atoms with Crippen LogP contribution in [0.1, 0.15) is 66.7 Å². The number of aromatic nitrogens is 2. The van der Waals surface area contributed by atoms with Gasteiger partial charge in [-0.1, -0.05) is 13.0 Å². The summed E-state index contributed by atoms with van der Waals surface area (Å²) in [5.41, 5.74) is -1.33. The molecular weight excluding hydrogens is 639 g/mol. The van der Waals surface area contributed by atoms with Gasteiger partial charge in [0.25, 0.3) is 5.91 Å². The van der Waals surface area contributed by atoms with Crippen molar-refractivity contribution in [1.82, 2.24) is 23.9 Å². The molecule has 0 spiro atoms. The van der Waals surface area contributed by atoms with Gasteiger partial charge in [-0.3, -0.25) is 9.78 Å². The molecule has 0 saturated carbocycles. The normalized spacial score (nSPS) is 18.1. The molecule has 2 aliphatic rings. The van der Waals surface area contributed by atoms with Gasteiger partial charge >= 0.3 is 16.4 Å². The minimum atomic E-state index is -4.90. The number of nitrogens with zero attached hydrogens (tertiary/aromatic N) is 4. The molecule has 5 rings (SSSR count). The molecule has 1 N–H and O–H groups in total. The summed E-state index contributed by atoms with van der Waals surface area (Å²) in [7, 11) is -2.24. The number of ether oxygens (including phenoxy) is 3. The molecule has 11 nitrogen and oxygen atoms in total. The number of halogens is 3. The topological polar surface area (TPSA) is 123 Å². The van der Waals surface area contributed by atoms with E-state index in [9.17, 15) is 26.4 Å². The van der Waals surface area contributed by atoms with Gasteiger partial charge in [-0.15, -0.1) is 0 Å². The number of carbonyl (C=O) groups is 1. The number of hydrogen-bond donors (Lipinski definition) is 1. The summed E-state index contributed by atoms with van der Waals surface area (Å²) in [5.74, 6) is -0.960. The van der Waals surface area contributed by atoms with E-state index in [2.05, 4.69) is 21.9 Å². The molecule has 1 unspecified atom stereocenters. The van der Waals surface area contributed by atoms with Gasteiger partial charge < -0.3 is 19.1 Å². The Morgan fingerprint density at radius 3 is 2.30 bits per heavy atom. The van der Waals surface area contributed by atoms with Gasteiger partial charge in [0.05, 0.1) is 29.7 Å². The molecule has 4 heterocycles. The number of alkyl halides is 3. The molecule has 3 aromatic rings. The molecule has 2 aromatic heterocycles. The number of hydrogen-bond acceptors (Lipinski definition) is 9. The molecule has 254 valence electrons. The number of likely N-dealkylation sites (tertiary alicyclic amines) is 1. The van der Waals surface area contributed by atoms with Gasteiger partial charge in [0.2, 0.25) is 5.88 Å². The predicted octanol–water partition coefficient (Wildman–Crippen LogP) is 5.37. The highest BCUT2D eigenvalue weighted by Crippen LogP contribution is 2.39. The molecule has 0 bridgehead atoms. The Balaban J connectivity index is 1.22. The highest BCUT2D eigenvalue weighted by atomic mass is 32.2. The molecular formula is C32H38F3N5O6S. The first-order valence-corrected chi connectivity index (χ1v) is 16.9. The van der Waals surface area contributed by atoms with Crippen LogP contribution in [0.3, 0.4) is 0 Å². The van der Waals surface area contributed by atoms with Crippen LogP contribution in [0.15, 0.2) is 60.9 Å². The SMILES string of the molecule is CCC(Oc1ccc(C(=O)NS(=O)(=O)N2CCC(OC3CCN(C)CC3)CC2)cc1C(F)(F)F)c1ccc(Oc2ccccn2)cn1. The Morgan fingerprint density at radius 1 is 1.00 bits per heavy atom. The van der Waals surface area contributed by atoms with Crippen molar-refractivity contribution in [2.75, 3.05) is 33.2 Å². The van der Waals surface area contributed by atoms with Crippen molar-refractivity contribution < 1.29 is 40.6 Å². The largest absolute Gasteiger partial charge is 0.484 e. The van der Waals surface area contributed by atoms with E-state index in [-0.39, 0.29) is 31.7 Å². The fraction of sp³-hybridized carbons (Fsp3) is 0.469. The van der Waals surface area contributed by atoms with Crippen LogP contribution >= 0.6 is 0 Å². The van der Waals surface area contributed by atoms with Crippen LogP contribution in [-0.2, 0) is 21.1 Å². The van der Waals surface area contributed by atoms with Crippen molar-refractivity contribution in [3.63, 3.8) is 0 Å². The Kier molecular flexibility index (Phi) is 11.0. The quantitative estimate of drug-likeness (QED) is 0.286. The second-order valence-electron chi connectivity index (χ2n) is 11.6. The molecule has 15 heteroatoms. The number of amides is 1. The second kappa shape index (κ2) is 15.0. The van der Waals surface area contributed by atoms with Crippen LogP contribution in [0, 0.1) is 0 Å². The van der Waals surface area contributed by atoms with Crippen molar-refractivity contribution in [1.29, 1.82) is 0 Å². The summed E-state index contributed by atoms with van der Waals surface area (Å²) in [4.78, 5) is 23.5. The molecule has 0 radical (unpaired) electrons. The van der Waals surface area contributed by atoms with Crippen molar-refractivity contribution in [3.05, 3.63) is 77.7 Å². The summed E-state index contributed by atoms with van der Waals surface area (Å²) in [6, 6.07) is 11.0. The Hall–Kier alpha value is -3.79. The zero-order valence-corrected chi connectivity index (χ0v) is 27.0. The lowest BCUT2D eigenvalue weighted by Crippen LogP contribution is -2.48. The first-order chi connectivity index (χ1) is 22.4. The lowest BCUT2D eigenvalue weighted by molar-refractivity contribution is -0.139. The number of piperidine rings is 2. The predicted molar refractivity (Wildman–Crippen MR) is 166 cm³/mol. The summed E-state index contributed by atoms with van der Waals surface area (Å²) < 4.78 is 89.1. The molecule has 47 heavy (non-hydrogen) atoms. The standard InChI is InChI=1S/C32H38F3N5O6S/c1-3-28(27-9-8-25(21-37-27)45-30-6-4-5-15-36-30)46-29-10-7-22(20-26(29)32(33,34)35)31(41)38-47(42,43)40-18-13-24(14-19-40)44-23-11-16-39(2)17-12-23/h4-10,15,20-21,23-24,28H,3,11-14,16-19H2,1-2H3,(H,38,41). The van der Waals surface area contributed by atoms with Crippen molar-refractivity contribution >= 4 is 16.1 Å². The number of carbonyl (C=O) groups excluding carboxylic acids is 1. The molecule has 2 fully saturated rings. The first kappa shape index (κ1) is 34.5. The average Bonchev–Trinajstić information content (AvgIpc) is 3.05.